The second-order valence-electron chi connectivity index (χ2n) is 5.73. The van der Waals surface area contributed by atoms with Gasteiger partial charge in [-0.2, -0.15) is 0 Å². The first-order valence-electron chi connectivity index (χ1n) is 7.39. The lowest BCUT2D eigenvalue weighted by Crippen LogP contribution is -1.90. The number of hydrogen-bond donors (Lipinski definition) is 1. The van der Waals surface area contributed by atoms with Gasteiger partial charge in [-0.1, -0.05) is 64.3 Å². The predicted molar refractivity (Wildman–Crippen MR) is 101 cm³/mol. The van der Waals surface area contributed by atoms with Crippen LogP contribution in [0.3, 0.4) is 0 Å². The van der Waals surface area contributed by atoms with E-state index in [-0.39, 0.29) is 0 Å². The van der Waals surface area contributed by atoms with Crippen molar-refractivity contribution in [3.8, 4) is 0 Å². The summed E-state index contributed by atoms with van der Waals surface area (Å²) < 4.78 is 0. The lowest BCUT2D eigenvalue weighted by atomic mass is 10.0. The molecule has 0 aliphatic heterocycles. The highest BCUT2D eigenvalue weighted by atomic mass is 32.2. The van der Waals surface area contributed by atoms with E-state index in [9.17, 15) is 0 Å². The molecule has 0 aromatic heterocycles. The molecule has 0 fully saturated rings. The molecule has 0 atom stereocenters. The molecule has 114 valence electrons. The average Bonchev–Trinajstić information content (AvgIpc) is 2.41. The Bertz CT molecular complexity index is 549. The first-order valence-corrected chi connectivity index (χ1v) is 8.65. The quantitative estimate of drug-likeness (QED) is 0.339. The van der Waals surface area contributed by atoms with Gasteiger partial charge in [0.1, 0.15) is 0 Å². The molecule has 0 unspecified atom stereocenters. The minimum atomic E-state index is 0.526. The largest absolute Gasteiger partial charge is 0.142 e. The van der Waals surface area contributed by atoms with Gasteiger partial charge in [-0.05, 0) is 48.1 Å². The molecule has 0 saturated carbocycles. The highest BCUT2D eigenvalue weighted by Gasteiger charge is 2.06. The molecule has 0 amide bonds. The van der Waals surface area contributed by atoms with E-state index >= 15 is 0 Å². The van der Waals surface area contributed by atoms with Crippen LogP contribution in [0.5, 0.6) is 0 Å². The molecule has 0 spiro atoms. The van der Waals surface area contributed by atoms with E-state index in [0.29, 0.717) is 11.8 Å². The fraction of sp³-hybridized carbons (Fsp3) is 0.368. The lowest BCUT2D eigenvalue weighted by molar-refractivity contribution is 0.789. The van der Waals surface area contributed by atoms with Crippen LogP contribution in [-0.4, -0.2) is 0 Å². The molecule has 21 heavy (non-hydrogen) atoms. The second kappa shape index (κ2) is 8.55. The van der Waals surface area contributed by atoms with Gasteiger partial charge in [0.05, 0.1) is 0 Å². The number of rotatable bonds is 6. The van der Waals surface area contributed by atoms with Crippen LogP contribution in [0.4, 0.5) is 0 Å². The van der Waals surface area contributed by atoms with Gasteiger partial charge in [-0.15, -0.1) is 12.6 Å². The van der Waals surface area contributed by atoms with Gasteiger partial charge in [0.25, 0.3) is 0 Å². The van der Waals surface area contributed by atoms with Crippen molar-refractivity contribution in [1.29, 1.82) is 0 Å². The molecular formula is C19H26S2. The minimum absolute atomic E-state index is 0.526. The Labute approximate surface area is 139 Å². The maximum atomic E-state index is 4.55. The first kappa shape index (κ1) is 18.2. The van der Waals surface area contributed by atoms with Crippen molar-refractivity contribution in [3.05, 3.63) is 59.0 Å². The van der Waals surface area contributed by atoms with Crippen molar-refractivity contribution in [2.24, 2.45) is 5.92 Å². The molecule has 0 aliphatic carbocycles. The van der Waals surface area contributed by atoms with Crippen LogP contribution in [0.1, 0.15) is 46.1 Å². The van der Waals surface area contributed by atoms with E-state index in [0.717, 1.165) is 9.80 Å². The molecule has 0 bridgehead atoms. The molecule has 0 aliphatic rings. The second-order valence-corrected chi connectivity index (χ2v) is 7.38. The van der Waals surface area contributed by atoms with Crippen LogP contribution in [0, 0.1) is 5.92 Å². The van der Waals surface area contributed by atoms with E-state index < -0.39 is 0 Å². The topological polar surface area (TPSA) is 0 Å². The Morgan fingerprint density at radius 1 is 1.19 bits per heavy atom. The Balaban J connectivity index is 2.84. The van der Waals surface area contributed by atoms with E-state index in [2.05, 4.69) is 90.3 Å². The summed E-state index contributed by atoms with van der Waals surface area (Å²) in [7, 11) is 0. The zero-order chi connectivity index (χ0) is 16.0. The Hall–Kier alpha value is -0.860. The number of benzene rings is 1. The molecule has 1 aromatic carbocycles. The summed E-state index contributed by atoms with van der Waals surface area (Å²) in [6, 6.07) is 6.44. The van der Waals surface area contributed by atoms with Crippen molar-refractivity contribution in [3.63, 3.8) is 0 Å². The highest BCUT2D eigenvalue weighted by molar-refractivity contribution is 8.03. The van der Waals surface area contributed by atoms with E-state index in [1.54, 1.807) is 11.8 Å². The fourth-order valence-electron chi connectivity index (χ4n) is 1.96. The summed E-state index contributed by atoms with van der Waals surface area (Å²) in [6.07, 6.45) is 6.41. The smallest absolute Gasteiger partial charge is 0.0258 e. The van der Waals surface area contributed by atoms with Gasteiger partial charge >= 0.3 is 0 Å². The highest BCUT2D eigenvalue weighted by Crippen LogP contribution is 2.34. The van der Waals surface area contributed by atoms with Crippen LogP contribution in [0.2, 0.25) is 0 Å². The summed E-state index contributed by atoms with van der Waals surface area (Å²) in [4.78, 5) is 3.21. The Morgan fingerprint density at radius 2 is 1.86 bits per heavy atom. The van der Waals surface area contributed by atoms with Gasteiger partial charge < -0.3 is 0 Å². The number of thioether (sulfide) groups is 1. The van der Waals surface area contributed by atoms with Crippen molar-refractivity contribution in [1.82, 2.24) is 0 Å². The third-order valence-electron chi connectivity index (χ3n) is 3.35. The maximum absolute atomic E-state index is 4.55. The van der Waals surface area contributed by atoms with Crippen LogP contribution >= 0.6 is 24.4 Å². The van der Waals surface area contributed by atoms with Crippen LogP contribution in [0.25, 0.3) is 0 Å². The molecule has 1 aromatic rings. The Morgan fingerprint density at radius 3 is 2.38 bits per heavy atom. The average molecular weight is 319 g/mol. The molecular weight excluding hydrogens is 292 g/mol. The van der Waals surface area contributed by atoms with E-state index in [4.69, 9.17) is 0 Å². The van der Waals surface area contributed by atoms with Crippen molar-refractivity contribution in [2.75, 3.05) is 0 Å². The number of allylic oxidation sites excluding steroid dienone is 4. The van der Waals surface area contributed by atoms with Gasteiger partial charge in [0.2, 0.25) is 0 Å². The van der Waals surface area contributed by atoms with Gasteiger partial charge in [-0.25, -0.2) is 0 Å². The molecule has 2 heteroatoms. The Kier molecular flexibility index (Phi) is 7.41. The summed E-state index contributed by atoms with van der Waals surface area (Å²) in [5.41, 5.74) is 2.67. The van der Waals surface area contributed by atoms with E-state index in [1.807, 2.05) is 0 Å². The van der Waals surface area contributed by atoms with Crippen molar-refractivity contribution < 1.29 is 0 Å². The van der Waals surface area contributed by atoms with Gasteiger partial charge in [0, 0.05) is 14.7 Å². The van der Waals surface area contributed by atoms with Crippen LogP contribution in [0.15, 0.2) is 63.3 Å². The van der Waals surface area contributed by atoms with E-state index in [1.165, 1.54) is 16.0 Å². The summed E-state index contributed by atoms with van der Waals surface area (Å²) >= 11 is 6.23. The monoisotopic (exact) mass is 318 g/mol. The van der Waals surface area contributed by atoms with Crippen LogP contribution < -0.4 is 0 Å². The maximum Gasteiger partial charge on any atom is 0.0258 e. The zero-order valence-electron chi connectivity index (χ0n) is 13.7. The van der Waals surface area contributed by atoms with Crippen molar-refractivity contribution >= 4 is 24.4 Å². The molecule has 0 saturated heterocycles. The minimum Gasteiger partial charge on any atom is -0.142 e. The summed E-state index contributed by atoms with van der Waals surface area (Å²) in [5, 5.41) is 0. The lowest BCUT2D eigenvalue weighted by Gasteiger charge is -2.11. The van der Waals surface area contributed by atoms with Crippen LogP contribution in [-0.2, 0) is 0 Å². The molecule has 0 radical (unpaired) electrons. The predicted octanol–water partition coefficient (Wildman–Crippen LogP) is 6.86. The molecule has 0 N–H and O–H groups in total. The van der Waals surface area contributed by atoms with Gasteiger partial charge in [-0.3, -0.25) is 0 Å². The fourth-order valence-corrected chi connectivity index (χ4v) is 3.02. The summed E-state index contributed by atoms with van der Waals surface area (Å²) in [6.45, 7) is 15.0. The standard InChI is InChI=1S/C19H26S2/c1-7-16(13(2)3)9-8-15(6)21-19-12-17(14(4)5)10-11-18(19)20/h7-14,20H,6H2,1-5H3/b9-8-,16-7+. The number of hydrogen-bond acceptors (Lipinski definition) is 2. The summed E-state index contributed by atoms with van der Waals surface area (Å²) in [5.74, 6) is 1.06. The normalized spacial score (nSPS) is 12.7. The third kappa shape index (κ3) is 5.80. The zero-order valence-corrected chi connectivity index (χ0v) is 15.4. The van der Waals surface area contributed by atoms with Crippen molar-refractivity contribution in [2.45, 2.75) is 50.3 Å². The van der Waals surface area contributed by atoms with Gasteiger partial charge in [0.15, 0.2) is 0 Å². The number of thiol groups is 1. The molecule has 0 nitrogen and oxygen atoms in total. The molecule has 0 heterocycles. The SMILES string of the molecule is C=C(/C=C\C(=C/C)C(C)C)Sc1cc(C(C)C)ccc1S. The third-order valence-corrected chi connectivity index (χ3v) is 4.85. The first-order chi connectivity index (χ1) is 9.85. The molecule has 1 rings (SSSR count).